The van der Waals surface area contributed by atoms with Crippen molar-refractivity contribution in [3.05, 3.63) is 35.8 Å². The molecule has 5 heterocycles. The maximum absolute atomic E-state index is 12.6. The van der Waals surface area contributed by atoms with Crippen molar-refractivity contribution >= 4 is 11.7 Å². The summed E-state index contributed by atoms with van der Waals surface area (Å²) in [5.74, 6) is 1.87. The van der Waals surface area contributed by atoms with Crippen molar-refractivity contribution in [3.63, 3.8) is 0 Å². The molecule has 0 radical (unpaired) electrons. The normalized spacial score (nSPS) is 21.8. The number of anilines is 1. The van der Waals surface area contributed by atoms with E-state index in [0.717, 1.165) is 61.9 Å². The van der Waals surface area contributed by atoms with E-state index in [0.29, 0.717) is 19.7 Å². The Hall–Kier alpha value is -2.58. The molecule has 3 aliphatic rings. The second kappa shape index (κ2) is 7.44. The van der Waals surface area contributed by atoms with Gasteiger partial charge in [0.05, 0.1) is 5.69 Å². The Balaban J connectivity index is 1.36. The molecule has 146 valence electrons. The van der Waals surface area contributed by atoms with Gasteiger partial charge in [0.1, 0.15) is 11.9 Å². The number of hydrogen-bond acceptors (Lipinski definition) is 7. The van der Waals surface area contributed by atoms with Crippen LogP contribution in [0.1, 0.15) is 24.1 Å². The van der Waals surface area contributed by atoms with Crippen molar-refractivity contribution in [3.8, 4) is 11.4 Å². The van der Waals surface area contributed by atoms with Gasteiger partial charge in [-0.25, -0.2) is 9.97 Å². The molecular formula is C20H24N6O2. The first kappa shape index (κ1) is 17.5. The number of rotatable bonds is 3. The van der Waals surface area contributed by atoms with E-state index in [1.54, 1.807) is 12.4 Å². The van der Waals surface area contributed by atoms with Crippen LogP contribution in [-0.4, -0.2) is 64.6 Å². The van der Waals surface area contributed by atoms with E-state index in [9.17, 15) is 4.79 Å². The number of fused-ring (bicyclic) bond motifs is 1. The Labute approximate surface area is 163 Å². The standard InChI is InChI=1S/C20H24N6O2/c27-20(17-2-1-11-28-17)26-9-7-25(8-10-26)19-15-12-22-13-16(15)23-18(24-19)14-3-5-21-6-4-14/h3-6,17,22H,1-2,7-13H2. The fourth-order valence-electron chi connectivity index (χ4n) is 4.16. The number of aromatic nitrogens is 3. The van der Waals surface area contributed by atoms with Crippen LogP contribution < -0.4 is 10.2 Å². The number of nitrogens with one attached hydrogen (secondary N) is 1. The third-order valence-electron chi connectivity index (χ3n) is 5.70. The summed E-state index contributed by atoms with van der Waals surface area (Å²) in [6.45, 7) is 5.21. The van der Waals surface area contributed by atoms with E-state index < -0.39 is 0 Å². The molecule has 8 heteroatoms. The number of pyridine rings is 1. The van der Waals surface area contributed by atoms with Gasteiger partial charge >= 0.3 is 0 Å². The van der Waals surface area contributed by atoms with Crippen LogP contribution >= 0.6 is 0 Å². The molecule has 28 heavy (non-hydrogen) atoms. The van der Waals surface area contributed by atoms with Gasteiger partial charge in [0.25, 0.3) is 5.91 Å². The first-order chi connectivity index (χ1) is 13.8. The molecule has 8 nitrogen and oxygen atoms in total. The Morgan fingerprint density at radius 2 is 1.93 bits per heavy atom. The number of ether oxygens (including phenoxy) is 1. The summed E-state index contributed by atoms with van der Waals surface area (Å²) in [5.41, 5.74) is 3.21. The third-order valence-corrected chi connectivity index (χ3v) is 5.70. The molecule has 1 atom stereocenters. The number of carbonyl (C=O) groups excluding carboxylic acids is 1. The molecule has 1 N–H and O–H groups in total. The number of amides is 1. The summed E-state index contributed by atoms with van der Waals surface area (Å²) in [6, 6.07) is 3.87. The molecule has 2 fully saturated rings. The van der Waals surface area contributed by atoms with Crippen LogP contribution in [0.25, 0.3) is 11.4 Å². The Morgan fingerprint density at radius 1 is 1.11 bits per heavy atom. The largest absolute Gasteiger partial charge is 0.368 e. The fraction of sp³-hybridized carbons (Fsp3) is 0.500. The summed E-state index contributed by atoms with van der Waals surface area (Å²) in [6.07, 6.45) is 5.11. The zero-order chi connectivity index (χ0) is 18.9. The van der Waals surface area contributed by atoms with E-state index in [2.05, 4.69) is 15.2 Å². The van der Waals surface area contributed by atoms with Crippen molar-refractivity contribution < 1.29 is 9.53 Å². The van der Waals surface area contributed by atoms with Gasteiger partial charge in [-0.15, -0.1) is 0 Å². The number of piperazine rings is 1. The maximum Gasteiger partial charge on any atom is 0.251 e. The van der Waals surface area contributed by atoms with Gasteiger partial charge < -0.3 is 19.9 Å². The second-order valence-electron chi connectivity index (χ2n) is 7.45. The van der Waals surface area contributed by atoms with Crippen LogP contribution in [0.5, 0.6) is 0 Å². The summed E-state index contributed by atoms with van der Waals surface area (Å²) in [5, 5.41) is 3.39. The molecule has 2 aromatic rings. The monoisotopic (exact) mass is 380 g/mol. The zero-order valence-corrected chi connectivity index (χ0v) is 15.8. The maximum atomic E-state index is 12.6. The summed E-state index contributed by atoms with van der Waals surface area (Å²) in [4.78, 5) is 30.6. The van der Waals surface area contributed by atoms with Gasteiger partial charge in [0, 0.05) is 69.4 Å². The van der Waals surface area contributed by atoms with Crippen molar-refractivity contribution in [1.82, 2.24) is 25.2 Å². The van der Waals surface area contributed by atoms with E-state index in [1.165, 1.54) is 5.56 Å². The van der Waals surface area contributed by atoms with Crippen molar-refractivity contribution in [2.24, 2.45) is 0 Å². The van der Waals surface area contributed by atoms with E-state index in [-0.39, 0.29) is 12.0 Å². The third kappa shape index (κ3) is 3.22. The highest BCUT2D eigenvalue weighted by molar-refractivity contribution is 5.81. The molecule has 0 bridgehead atoms. The van der Waals surface area contributed by atoms with Crippen molar-refractivity contribution in [2.75, 3.05) is 37.7 Å². The minimum absolute atomic E-state index is 0.143. The minimum Gasteiger partial charge on any atom is -0.368 e. The first-order valence-corrected chi connectivity index (χ1v) is 9.96. The second-order valence-corrected chi connectivity index (χ2v) is 7.45. The Kier molecular flexibility index (Phi) is 4.66. The average molecular weight is 380 g/mol. The SMILES string of the molecule is O=C(C1CCCO1)N1CCN(c2nc(-c3ccncc3)nc3c2CNC3)CC1. The van der Waals surface area contributed by atoms with E-state index in [4.69, 9.17) is 14.7 Å². The number of hydrogen-bond donors (Lipinski definition) is 1. The lowest BCUT2D eigenvalue weighted by molar-refractivity contribution is -0.141. The molecule has 0 aliphatic carbocycles. The topological polar surface area (TPSA) is 83.5 Å². The van der Waals surface area contributed by atoms with E-state index in [1.807, 2.05) is 17.0 Å². The predicted octanol–water partition coefficient (Wildman–Crippen LogP) is 0.969. The van der Waals surface area contributed by atoms with Gasteiger partial charge in [-0.3, -0.25) is 9.78 Å². The van der Waals surface area contributed by atoms with Gasteiger partial charge in [0.2, 0.25) is 0 Å². The summed E-state index contributed by atoms with van der Waals surface area (Å²) in [7, 11) is 0. The molecule has 5 rings (SSSR count). The lowest BCUT2D eigenvalue weighted by Crippen LogP contribution is -2.51. The zero-order valence-electron chi connectivity index (χ0n) is 15.8. The van der Waals surface area contributed by atoms with Gasteiger partial charge in [-0.2, -0.15) is 0 Å². The Morgan fingerprint density at radius 3 is 2.68 bits per heavy atom. The fourth-order valence-corrected chi connectivity index (χ4v) is 4.16. The minimum atomic E-state index is -0.239. The van der Waals surface area contributed by atoms with Crippen molar-refractivity contribution in [2.45, 2.75) is 32.0 Å². The van der Waals surface area contributed by atoms with Crippen LogP contribution in [0.3, 0.4) is 0 Å². The van der Waals surface area contributed by atoms with Gasteiger partial charge in [0.15, 0.2) is 5.82 Å². The van der Waals surface area contributed by atoms with Crippen LogP contribution in [0.15, 0.2) is 24.5 Å². The van der Waals surface area contributed by atoms with Gasteiger partial charge in [-0.1, -0.05) is 0 Å². The molecule has 2 saturated heterocycles. The molecule has 1 amide bonds. The molecule has 0 aromatic carbocycles. The predicted molar refractivity (Wildman–Crippen MR) is 104 cm³/mol. The van der Waals surface area contributed by atoms with Crippen LogP contribution in [0.2, 0.25) is 0 Å². The highest BCUT2D eigenvalue weighted by Crippen LogP contribution is 2.29. The average Bonchev–Trinajstić information content (AvgIpc) is 3.45. The van der Waals surface area contributed by atoms with Crippen LogP contribution in [0.4, 0.5) is 5.82 Å². The van der Waals surface area contributed by atoms with Crippen LogP contribution in [-0.2, 0) is 22.6 Å². The molecule has 3 aliphatic heterocycles. The summed E-state index contributed by atoms with van der Waals surface area (Å²) >= 11 is 0. The molecule has 0 spiro atoms. The molecule has 2 aromatic heterocycles. The van der Waals surface area contributed by atoms with Crippen molar-refractivity contribution in [1.29, 1.82) is 0 Å². The number of carbonyl (C=O) groups is 1. The molecule has 1 unspecified atom stereocenters. The lowest BCUT2D eigenvalue weighted by Gasteiger charge is -2.37. The smallest absolute Gasteiger partial charge is 0.251 e. The quantitative estimate of drug-likeness (QED) is 0.849. The molecule has 0 saturated carbocycles. The summed E-state index contributed by atoms with van der Waals surface area (Å²) < 4.78 is 5.57. The van der Waals surface area contributed by atoms with Crippen LogP contribution in [0, 0.1) is 0 Å². The Bertz CT molecular complexity index is 860. The van der Waals surface area contributed by atoms with E-state index >= 15 is 0 Å². The number of nitrogens with zero attached hydrogens (tertiary/aromatic N) is 5. The lowest BCUT2D eigenvalue weighted by atomic mass is 10.1. The van der Waals surface area contributed by atoms with Gasteiger partial charge in [-0.05, 0) is 25.0 Å². The molecular weight excluding hydrogens is 356 g/mol. The highest BCUT2D eigenvalue weighted by atomic mass is 16.5. The first-order valence-electron chi connectivity index (χ1n) is 9.96. The highest BCUT2D eigenvalue weighted by Gasteiger charge is 2.32.